The number of nitrogens with zero attached hydrogens (tertiary/aromatic N) is 4. The zero-order valence-corrected chi connectivity index (χ0v) is 13.0. The van der Waals surface area contributed by atoms with Gasteiger partial charge in [0.2, 0.25) is 11.7 Å². The number of halogens is 3. The number of amides is 1. The van der Waals surface area contributed by atoms with Gasteiger partial charge in [-0.15, -0.1) is 0 Å². The van der Waals surface area contributed by atoms with Gasteiger partial charge in [0, 0.05) is 18.5 Å². The molecule has 130 valence electrons. The molecule has 1 N–H and O–H groups in total. The fraction of sp³-hybridized carbons (Fsp3) is 0.312. The van der Waals surface area contributed by atoms with E-state index >= 15 is 0 Å². The van der Waals surface area contributed by atoms with E-state index in [1.807, 2.05) is 18.2 Å². The van der Waals surface area contributed by atoms with E-state index in [0.29, 0.717) is 5.69 Å². The maximum absolute atomic E-state index is 12.9. The number of H-pyrrole nitrogens is 1. The zero-order valence-electron chi connectivity index (χ0n) is 13.0. The Hall–Kier alpha value is -2.84. The highest BCUT2D eigenvalue weighted by Gasteiger charge is 2.38. The highest BCUT2D eigenvalue weighted by Crippen LogP contribution is 2.30. The Labute approximate surface area is 140 Å². The van der Waals surface area contributed by atoms with Gasteiger partial charge < -0.3 is 9.47 Å². The third-order valence-electron chi connectivity index (χ3n) is 4.35. The van der Waals surface area contributed by atoms with Gasteiger partial charge in [0.15, 0.2) is 0 Å². The number of benzene rings is 1. The van der Waals surface area contributed by atoms with Crippen LogP contribution in [0.5, 0.6) is 0 Å². The first-order valence-electron chi connectivity index (χ1n) is 7.73. The van der Waals surface area contributed by atoms with E-state index < -0.39 is 12.0 Å². The highest BCUT2D eigenvalue weighted by atomic mass is 19.4. The lowest BCUT2D eigenvalue weighted by Gasteiger charge is -2.29. The third kappa shape index (κ3) is 2.86. The van der Waals surface area contributed by atoms with Crippen LogP contribution in [-0.4, -0.2) is 37.1 Å². The van der Waals surface area contributed by atoms with E-state index in [-0.39, 0.29) is 32.0 Å². The minimum absolute atomic E-state index is 0.0939. The van der Waals surface area contributed by atoms with Crippen LogP contribution in [0.15, 0.2) is 30.6 Å². The smallest absolute Gasteiger partial charge is 0.335 e. The topological polar surface area (TPSA) is 66.8 Å². The van der Waals surface area contributed by atoms with Crippen LogP contribution in [0.3, 0.4) is 0 Å². The van der Waals surface area contributed by atoms with Crippen LogP contribution >= 0.6 is 0 Å². The van der Waals surface area contributed by atoms with Crippen molar-refractivity contribution in [2.45, 2.75) is 25.7 Å². The van der Waals surface area contributed by atoms with Gasteiger partial charge in [-0.3, -0.25) is 9.89 Å². The fourth-order valence-electron chi connectivity index (χ4n) is 3.11. The molecular weight excluding hydrogens is 335 g/mol. The molecule has 1 amide bonds. The summed E-state index contributed by atoms with van der Waals surface area (Å²) in [5.74, 6) is -1.02. The Kier molecular flexibility index (Phi) is 3.52. The number of rotatable bonds is 2. The lowest BCUT2D eigenvalue weighted by atomic mass is 10.1. The molecule has 0 fully saturated rings. The number of hydrogen-bond donors (Lipinski definition) is 1. The summed E-state index contributed by atoms with van der Waals surface area (Å²) in [6.45, 7) is 0.464. The van der Waals surface area contributed by atoms with Crippen molar-refractivity contribution >= 4 is 16.8 Å². The number of fused-ring (bicyclic) bond motifs is 2. The molecule has 0 aliphatic carbocycles. The molecule has 3 heterocycles. The summed E-state index contributed by atoms with van der Waals surface area (Å²) >= 11 is 0. The second kappa shape index (κ2) is 5.61. The molecule has 0 spiro atoms. The van der Waals surface area contributed by atoms with Gasteiger partial charge >= 0.3 is 6.18 Å². The first-order chi connectivity index (χ1) is 11.9. The summed E-state index contributed by atoms with van der Waals surface area (Å²) in [6.07, 6.45) is -1.41. The van der Waals surface area contributed by atoms with E-state index in [9.17, 15) is 18.0 Å². The number of hydrogen-bond acceptors (Lipinski definition) is 3. The van der Waals surface area contributed by atoms with E-state index in [0.717, 1.165) is 21.0 Å². The molecule has 2 aromatic heterocycles. The average Bonchev–Trinajstić information content (AvgIpc) is 3.19. The van der Waals surface area contributed by atoms with Gasteiger partial charge in [0.1, 0.15) is 0 Å². The van der Waals surface area contributed by atoms with Gasteiger partial charge in [-0.05, 0) is 17.7 Å². The quantitative estimate of drug-likeness (QED) is 0.772. The number of carbonyl (C=O) groups is 1. The molecule has 4 rings (SSSR count). The zero-order chi connectivity index (χ0) is 17.6. The Bertz CT molecular complexity index is 943. The predicted octanol–water partition coefficient (Wildman–Crippen LogP) is 2.36. The minimum atomic E-state index is -4.48. The van der Waals surface area contributed by atoms with Crippen molar-refractivity contribution in [3.63, 3.8) is 0 Å². The summed E-state index contributed by atoms with van der Waals surface area (Å²) in [7, 11) is 0. The number of carbonyl (C=O) groups excluding carboxylic acids is 1. The Balaban J connectivity index is 1.49. The molecule has 6 nitrogen and oxygen atoms in total. The van der Waals surface area contributed by atoms with Crippen LogP contribution in [0.1, 0.15) is 17.1 Å². The largest absolute Gasteiger partial charge is 0.449 e. The van der Waals surface area contributed by atoms with E-state index in [1.54, 1.807) is 11.1 Å². The van der Waals surface area contributed by atoms with Crippen LogP contribution in [0.4, 0.5) is 13.2 Å². The summed E-state index contributed by atoms with van der Waals surface area (Å²) in [4.78, 5) is 17.5. The molecule has 1 aromatic carbocycles. The maximum Gasteiger partial charge on any atom is 0.449 e. The van der Waals surface area contributed by atoms with Gasteiger partial charge in [-0.2, -0.15) is 18.3 Å². The van der Waals surface area contributed by atoms with Crippen molar-refractivity contribution in [2.24, 2.45) is 0 Å². The number of nitrogens with one attached hydrogen (secondary N) is 1. The second-order valence-corrected chi connectivity index (χ2v) is 6.01. The van der Waals surface area contributed by atoms with Gasteiger partial charge in [0.05, 0.1) is 36.6 Å². The molecule has 0 radical (unpaired) electrons. The third-order valence-corrected chi connectivity index (χ3v) is 4.35. The molecule has 1 aliphatic heterocycles. The van der Waals surface area contributed by atoms with Crippen LogP contribution in [-0.2, 0) is 30.5 Å². The monoisotopic (exact) mass is 349 g/mol. The Morgan fingerprint density at radius 2 is 2.08 bits per heavy atom. The molecule has 1 aliphatic rings. The lowest BCUT2D eigenvalue weighted by molar-refractivity contribution is -0.148. The number of aromatic amines is 1. The molecule has 3 aromatic rings. The molecule has 9 heteroatoms. The van der Waals surface area contributed by atoms with Crippen molar-refractivity contribution in [3.8, 4) is 0 Å². The maximum atomic E-state index is 12.9. The molecule has 0 bridgehead atoms. The van der Waals surface area contributed by atoms with E-state index in [4.69, 9.17) is 0 Å². The second-order valence-electron chi connectivity index (χ2n) is 6.01. The molecule has 0 atom stereocenters. The Morgan fingerprint density at radius 1 is 1.24 bits per heavy atom. The van der Waals surface area contributed by atoms with E-state index in [1.165, 1.54) is 6.20 Å². The lowest BCUT2D eigenvalue weighted by Crippen LogP contribution is -2.39. The van der Waals surface area contributed by atoms with Gasteiger partial charge in [-0.25, -0.2) is 4.98 Å². The van der Waals surface area contributed by atoms with Crippen molar-refractivity contribution in [2.75, 3.05) is 6.54 Å². The SMILES string of the molecule is O=C(Cc1ccc2[nH]ncc2c1)N1CCn2c(cnc2C(F)(F)F)C1. The fourth-order valence-corrected chi connectivity index (χ4v) is 3.11. The molecule has 0 saturated carbocycles. The summed E-state index contributed by atoms with van der Waals surface area (Å²) in [5.41, 5.74) is 2.13. The number of aromatic nitrogens is 4. The predicted molar refractivity (Wildman–Crippen MR) is 82.4 cm³/mol. The van der Waals surface area contributed by atoms with Crippen molar-refractivity contribution in [3.05, 3.63) is 47.7 Å². The first-order valence-corrected chi connectivity index (χ1v) is 7.73. The summed E-state index contributed by atoms with van der Waals surface area (Å²) in [6, 6.07) is 5.58. The highest BCUT2D eigenvalue weighted by molar-refractivity contribution is 5.83. The van der Waals surface area contributed by atoms with Crippen molar-refractivity contribution in [1.29, 1.82) is 0 Å². The normalized spacial score (nSPS) is 14.8. The van der Waals surface area contributed by atoms with Crippen LogP contribution < -0.4 is 0 Å². The number of alkyl halides is 3. The molecule has 0 unspecified atom stereocenters. The van der Waals surface area contributed by atoms with Gasteiger partial charge in [-0.1, -0.05) is 6.07 Å². The van der Waals surface area contributed by atoms with Crippen molar-refractivity contribution < 1.29 is 18.0 Å². The molecule has 0 saturated heterocycles. The Morgan fingerprint density at radius 3 is 2.88 bits per heavy atom. The number of imidazole rings is 1. The van der Waals surface area contributed by atoms with E-state index in [2.05, 4.69) is 15.2 Å². The van der Waals surface area contributed by atoms with Crippen LogP contribution in [0.2, 0.25) is 0 Å². The summed E-state index contributed by atoms with van der Waals surface area (Å²) in [5, 5.41) is 7.69. The standard InChI is InChI=1S/C16H14F3N5O/c17-16(18,19)15-20-8-12-9-23(3-4-24(12)15)14(25)6-10-1-2-13-11(5-10)7-21-22-13/h1-2,5,7-8H,3-4,6,9H2,(H,21,22). The van der Waals surface area contributed by atoms with Crippen molar-refractivity contribution in [1.82, 2.24) is 24.6 Å². The van der Waals surface area contributed by atoms with Crippen LogP contribution in [0, 0.1) is 0 Å². The van der Waals surface area contributed by atoms with Crippen LogP contribution in [0.25, 0.3) is 10.9 Å². The molecular formula is C16H14F3N5O. The first kappa shape index (κ1) is 15.7. The molecule has 25 heavy (non-hydrogen) atoms. The summed E-state index contributed by atoms with van der Waals surface area (Å²) < 4.78 is 39.8. The van der Waals surface area contributed by atoms with Gasteiger partial charge in [0.25, 0.3) is 0 Å². The average molecular weight is 349 g/mol. The minimum Gasteiger partial charge on any atom is -0.335 e.